The zero-order valence-corrected chi connectivity index (χ0v) is 17.4. The summed E-state index contributed by atoms with van der Waals surface area (Å²) in [6, 6.07) is 28.1. The molecule has 2 heterocycles. The van der Waals surface area contributed by atoms with Crippen molar-refractivity contribution in [2.24, 2.45) is 4.99 Å². The maximum atomic E-state index is 13.0. The number of Topliss-reactive ketones (excluding diaryl/α,β-unsaturated/α-hetero) is 1. The lowest BCUT2D eigenvalue weighted by Gasteiger charge is -2.11. The van der Waals surface area contributed by atoms with Gasteiger partial charge in [-0.25, -0.2) is 0 Å². The Bertz CT molecular complexity index is 1250. The van der Waals surface area contributed by atoms with E-state index in [0.29, 0.717) is 12.3 Å². The number of hydrogen-bond donors (Lipinski definition) is 1. The molecule has 1 aromatic heterocycles. The molecule has 0 bridgehead atoms. The summed E-state index contributed by atoms with van der Waals surface area (Å²) in [5.41, 5.74) is 4.85. The van der Waals surface area contributed by atoms with Crippen LogP contribution in [0.3, 0.4) is 0 Å². The minimum Gasteiger partial charge on any atom is -0.408 e. The highest BCUT2D eigenvalue weighted by Gasteiger charge is 2.27. The predicted octanol–water partition coefficient (Wildman–Crippen LogP) is 4.26. The Labute approximate surface area is 186 Å². The zero-order chi connectivity index (χ0) is 21.8. The molecule has 1 aliphatic rings. The van der Waals surface area contributed by atoms with Crippen LogP contribution in [0.15, 0.2) is 94.3 Å². The van der Waals surface area contributed by atoms with E-state index in [1.165, 1.54) is 5.56 Å². The molecule has 5 rings (SSSR count). The van der Waals surface area contributed by atoms with Gasteiger partial charge in [0.1, 0.15) is 0 Å². The van der Waals surface area contributed by atoms with Gasteiger partial charge < -0.3 is 9.73 Å². The summed E-state index contributed by atoms with van der Waals surface area (Å²) >= 11 is 0. The van der Waals surface area contributed by atoms with E-state index in [4.69, 9.17) is 9.41 Å². The highest BCUT2D eigenvalue weighted by atomic mass is 16.4. The van der Waals surface area contributed by atoms with Gasteiger partial charge in [0.2, 0.25) is 5.89 Å². The Kier molecular flexibility index (Phi) is 5.58. The van der Waals surface area contributed by atoms with Crippen LogP contribution < -0.4 is 5.32 Å². The number of aliphatic imine (C=N–C) groups is 1. The van der Waals surface area contributed by atoms with Gasteiger partial charge in [0, 0.05) is 24.0 Å². The number of carbonyl (C=O) groups is 1. The standard InChI is InChI=1S/C26H22N4O2/c31-22-17-20-13-7-8-14-21(20)24(19-11-5-2-6-12-19)27-25(22)28-26-30-29-23(32-26)16-15-18-9-3-1-4-10-18/h1-14,25H,15-17H2,(H,28,30). The van der Waals surface area contributed by atoms with Crippen LogP contribution in [0, 0.1) is 0 Å². The molecule has 6 heteroatoms. The summed E-state index contributed by atoms with van der Waals surface area (Å²) in [6.07, 6.45) is 0.903. The summed E-state index contributed by atoms with van der Waals surface area (Å²) < 4.78 is 5.76. The Morgan fingerprint density at radius 2 is 1.56 bits per heavy atom. The van der Waals surface area contributed by atoms with Crippen LogP contribution in [0.25, 0.3) is 0 Å². The van der Waals surface area contributed by atoms with Crippen LogP contribution in [0.5, 0.6) is 0 Å². The minimum absolute atomic E-state index is 0.0487. The first kappa shape index (κ1) is 19.9. The molecule has 0 radical (unpaired) electrons. The molecule has 0 aliphatic carbocycles. The maximum Gasteiger partial charge on any atom is 0.317 e. The molecule has 0 amide bonds. The number of carbonyl (C=O) groups excluding carboxylic acids is 1. The number of ketones is 1. The average Bonchev–Trinajstić information content (AvgIpc) is 3.24. The number of hydrogen-bond acceptors (Lipinski definition) is 6. The highest BCUT2D eigenvalue weighted by Crippen LogP contribution is 2.22. The topological polar surface area (TPSA) is 80.4 Å². The molecule has 1 aliphatic heterocycles. The predicted molar refractivity (Wildman–Crippen MR) is 123 cm³/mol. The Morgan fingerprint density at radius 1 is 0.844 bits per heavy atom. The third-order valence-corrected chi connectivity index (χ3v) is 5.44. The van der Waals surface area contributed by atoms with E-state index in [0.717, 1.165) is 28.8 Å². The van der Waals surface area contributed by atoms with Crippen molar-refractivity contribution in [2.45, 2.75) is 25.4 Å². The molecule has 0 fully saturated rings. The minimum atomic E-state index is -0.806. The van der Waals surface area contributed by atoms with Crippen LogP contribution in [0.1, 0.15) is 28.1 Å². The zero-order valence-electron chi connectivity index (χ0n) is 17.4. The molecule has 32 heavy (non-hydrogen) atoms. The first-order valence-electron chi connectivity index (χ1n) is 10.6. The quantitative estimate of drug-likeness (QED) is 0.502. The van der Waals surface area contributed by atoms with Crippen molar-refractivity contribution < 1.29 is 9.21 Å². The second kappa shape index (κ2) is 8.98. The van der Waals surface area contributed by atoms with Gasteiger partial charge in [-0.05, 0) is 17.5 Å². The van der Waals surface area contributed by atoms with Gasteiger partial charge in [-0.15, -0.1) is 5.10 Å². The van der Waals surface area contributed by atoms with Gasteiger partial charge in [0.25, 0.3) is 0 Å². The monoisotopic (exact) mass is 422 g/mol. The average molecular weight is 422 g/mol. The molecular formula is C26H22N4O2. The number of anilines is 1. The largest absolute Gasteiger partial charge is 0.408 e. The van der Waals surface area contributed by atoms with Gasteiger partial charge >= 0.3 is 6.01 Å². The van der Waals surface area contributed by atoms with E-state index in [9.17, 15) is 4.79 Å². The molecule has 3 aromatic carbocycles. The van der Waals surface area contributed by atoms with Crippen molar-refractivity contribution in [1.82, 2.24) is 10.2 Å². The second-order valence-electron chi connectivity index (χ2n) is 7.68. The number of benzene rings is 3. The van der Waals surface area contributed by atoms with Crippen molar-refractivity contribution in [1.29, 1.82) is 0 Å². The third kappa shape index (κ3) is 4.34. The number of aryl methyl sites for hydroxylation is 2. The fourth-order valence-corrected chi connectivity index (χ4v) is 3.83. The molecule has 1 atom stereocenters. The Hall–Kier alpha value is -4.06. The summed E-state index contributed by atoms with van der Waals surface area (Å²) in [6.45, 7) is 0. The van der Waals surface area contributed by atoms with Crippen LogP contribution >= 0.6 is 0 Å². The molecule has 0 saturated heterocycles. The fourth-order valence-electron chi connectivity index (χ4n) is 3.83. The third-order valence-electron chi connectivity index (χ3n) is 5.44. The van der Waals surface area contributed by atoms with Crippen molar-refractivity contribution in [3.05, 3.63) is 113 Å². The first-order chi connectivity index (χ1) is 15.8. The smallest absolute Gasteiger partial charge is 0.317 e. The Morgan fingerprint density at radius 3 is 2.38 bits per heavy atom. The lowest BCUT2D eigenvalue weighted by molar-refractivity contribution is -0.119. The van der Waals surface area contributed by atoms with Crippen LogP contribution in [0.2, 0.25) is 0 Å². The second-order valence-corrected chi connectivity index (χ2v) is 7.68. The van der Waals surface area contributed by atoms with E-state index in [1.54, 1.807) is 0 Å². The number of rotatable bonds is 6. The number of fused-ring (bicyclic) bond motifs is 1. The molecule has 6 nitrogen and oxygen atoms in total. The molecule has 0 spiro atoms. The Balaban J connectivity index is 1.39. The van der Waals surface area contributed by atoms with E-state index in [-0.39, 0.29) is 18.2 Å². The van der Waals surface area contributed by atoms with Crippen LogP contribution in [-0.4, -0.2) is 27.9 Å². The maximum absolute atomic E-state index is 13.0. The van der Waals surface area contributed by atoms with E-state index in [1.807, 2.05) is 72.8 Å². The van der Waals surface area contributed by atoms with Crippen LogP contribution in [-0.2, 0) is 24.1 Å². The summed E-state index contributed by atoms with van der Waals surface area (Å²) in [4.78, 5) is 17.8. The van der Waals surface area contributed by atoms with Gasteiger partial charge in [-0.3, -0.25) is 9.79 Å². The fraction of sp³-hybridized carbons (Fsp3) is 0.154. The molecule has 0 saturated carbocycles. The number of nitrogens with one attached hydrogen (secondary N) is 1. The van der Waals surface area contributed by atoms with Crippen molar-refractivity contribution in [3.8, 4) is 0 Å². The summed E-state index contributed by atoms with van der Waals surface area (Å²) in [7, 11) is 0. The van der Waals surface area contributed by atoms with Crippen molar-refractivity contribution in [3.63, 3.8) is 0 Å². The van der Waals surface area contributed by atoms with E-state index >= 15 is 0 Å². The van der Waals surface area contributed by atoms with Crippen LogP contribution in [0.4, 0.5) is 6.01 Å². The molecule has 1 N–H and O–H groups in total. The van der Waals surface area contributed by atoms with Gasteiger partial charge in [-0.1, -0.05) is 90.0 Å². The number of aromatic nitrogens is 2. The SMILES string of the molecule is O=C1Cc2ccccc2C(c2ccccc2)=NC1Nc1nnc(CCc2ccccc2)o1. The van der Waals surface area contributed by atoms with Gasteiger partial charge in [0.05, 0.1) is 5.71 Å². The molecule has 158 valence electrons. The van der Waals surface area contributed by atoms with Crippen molar-refractivity contribution >= 4 is 17.5 Å². The first-order valence-corrected chi connectivity index (χ1v) is 10.6. The summed E-state index contributed by atoms with van der Waals surface area (Å²) in [5, 5.41) is 11.3. The lowest BCUT2D eigenvalue weighted by atomic mass is 9.96. The van der Waals surface area contributed by atoms with E-state index < -0.39 is 6.17 Å². The van der Waals surface area contributed by atoms with Gasteiger partial charge in [-0.2, -0.15) is 0 Å². The van der Waals surface area contributed by atoms with Crippen molar-refractivity contribution in [2.75, 3.05) is 5.32 Å². The molecule has 1 unspecified atom stereocenters. The lowest BCUT2D eigenvalue weighted by Crippen LogP contribution is -2.29. The highest BCUT2D eigenvalue weighted by molar-refractivity contribution is 6.16. The van der Waals surface area contributed by atoms with E-state index in [2.05, 4.69) is 27.6 Å². The molecular weight excluding hydrogens is 400 g/mol. The number of nitrogens with zero attached hydrogens (tertiary/aromatic N) is 3. The molecule has 4 aromatic rings. The summed E-state index contributed by atoms with van der Waals surface area (Å²) in [5.74, 6) is 0.473. The van der Waals surface area contributed by atoms with Gasteiger partial charge in [0.15, 0.2) is 11.9 Å². The normalized spacial score (nSPS) is 15.6.